The van der Waals surface area contributed by atoms with Crippen molar-refractivity contribution >= 4 is 10.0 Å². The quantitative estimate of drug-likeness (QED) is 0.529. The van der Waals surface area contributed by atoms with Gasteiger partial charge in [-0.25, -0.2) is 13.1 Å². The normalized spacial score (nSPS) is 12.6. The van der Waals surface area contributed by atoms with E-state index in [1.165, 1.54) is 11.8 Å². The van der Waals surface area contributed by atoms with Gasteiger partial charge in [-0.1, -0.05) is 11.6 Å². The van der Waals surface area contributed by atoms with E-state index in [1.54, 1.807) is 0 Å². The maximum atomic E-state index is 11.0. The summed E-state index contributed by atoms with van der Waals surface area (Å²) in [5, 5.41) is 3.18. The average Bonchev–Trinajstić information content (AvgIpc) is 1.93. The molecule has 0 saturated carbocycles. The van der Waals surface area contributed by atoms with Crippen LogP contribution in [-0.2, 0) is 10.0 Å². The average molecular weight is 234 g/mol. The van der Waals surface area contributed by atoms with Crippen LogP contribution in [0.4, 0.5) is 0 Å². The maximum Gasteiger partial charge on any atom is 0.209 e. The smallest absolute Gasteiger partial charge is 0.209 e. The molecule has 0 heterocycles. The zero-order chi connectivity index (χ0) is 12.1. The van der Waals surface area contributed by atoms with E-state index in [4.69, 9.17) is 0 Å². The Labute approximate surface area is 93.2 Å². The fourth-order valence-electron chi connectivity index (χ4n) is 1.20. The number of sulfonamides is 1. The predicted octanol–water partition coefficient (Wildman–Crippen LogP) is 0.870. The van der Waals surface area contributed by atoms with Crippen molar-refractivity contribution in [2.75, 3.05) is 19.3 Å². The van der Waals surface area contributed by atoms with E-state index in [1.807, 2.05) is 27.7 Å². The van der Waals surface area contributed by atoms with Crippen molar-refractivity contribution in [3.8, 4) is 0 Å². The van der Waals surface area contributed by atoms with Crippen molar-refractivity contribution in [2.24, 2.45) is 0 Å². The van der Waals surface area contributed by atoms with Crippen molar-refractivity contribution in [3.05, 3.63) is 11.6 Å². The lowest BCUT2D eigenvalue weighted by molar-refractivity contribution is 0.430. The van der Waals surface area contributed by atoms with Crippen molar-refractivity contribution < 1.29 is 8.42 Å². The van der Waals surface area contributed by atoms with Crippen LogP contribution in [-0.4, -0.2) is 33.3 Å². The molecule has 0 fully saturated rings. The van der Waals surface area contributed by atoms with Crippen molar-refractivity contribution in [1.82, 2.24) is 10.0 Å². The fraction of sp³-hybridized carbons (Fsp3) is 0.800. The molecule has 4 nitrogen and oxygen atoms in total. The SMILES string of the molecule is CC(C)=CCNCC(C)(C)NS(C)(=O)=O. The monoisotopic (exact) mass is 234 g/mol. The van der Waals surface area contributed by atoms with Gasteiger partial charge in [0.2, 0.25) is 10.0 Å². The first-order chi connectivity index (χ1) is 6.62. The largest absolute Gasteiger partial charge is 0.311 e. The molecule has 0 bridgehead atoms. The van der Waals surface area contributed by atoms with Gasteiger partial charge in [-0.3, -0.25) is 0 Å². The molecule has 0 aliphatic heterocycles. The minimum atomic E-state index is -3.14. The Balaban J connectivity index is 4.00. The number of hydrogen-bond donors (Lipinski definition) is 2. The van der Waals surface area contributed by atoms with Crippen molar-refractivity contribution in [3.63, 3.8) is 0 Å². The van der Waals surface area contributed by atoms with Crippen LogP contribution in [0.3, 0.4) is 0 Å². The van der Waals surface area contributed by atoms with Gasteiger partial charge in [0.1, 0.15) is 0 Å². The summed E-state index contributed by atoms with van der Waals surface area (Å²) in [6.45, 7) is 9.12. The Morgan fingerprint density at radius 1 is 1.33 bits per heavy atom. The number of rotatable bonds is 6. The first-order valence-electron chi connectivity index (χ1n) is 4.95. The second-order valence-corrected chi connectivity index (χ2v) is 6.42. The van der Waals surface area contributed by atoms with Crippen LogP contribution in [0.25, 0.3) is 0 Å². The molecule has 2 N–H and O–H groups in total. The summed E-state index contributed by atoms with van der Waals surface area (Å²) in [6.07, 6.45) is 3.24. The molecule has 0 aliphatic carbocycles. The highest BCUT2D eigenvalue weighted by molar-refractivity contribution is 7.88. The van der Waals surface area contributed by atoms with Gasteiger partial charge in [0, 0.05) is 18.6 Å². The number of allylic oxidation sites excluding steroid dienone is 1. The van der Waals surface area contributed by atoms with Crippen LogP contribution in [0.2, 0.25) is 0 Å². The van der Waals surface area contributed by atoms with Gasteiger partial charge in [-0.15, -0.1) is 0 Å². The Morgan fingerprint density at radius 3 is 2.27 bits per heavy atom. The van der Waals surface area contributed by atoms with Crippen molar-refractivity contribution in [2.45, 2.75) is 33.2 Å². The van der Waals surface area contributed by atoms with Crippen molar-refractivity contribution in [1.29, 1.82) is 0 Å². The zero-order valence-electron chi connectivity index (χ0n) is 10.2. The summed E-state index contributed by atoms with van der Waals surface area (Å²) < 4.78 is 24.6. The number of hydrogen-bond acceptors (Lipinski definition) is 3. The molecule has 0 aromatic carbocycles. The predicted molar refractivity (Wildman–Crippen MR) is 64.4 cm³/mol. The highest BCUT2D eigenvalue weighted by Crippen LogP contribution is 2.01. The topological polar surface area (TPSA) is 58.2 Å². The summed E-state index contributed by atoms with van der Waals surface area (Å²) in [5.41, 5.74) is 0.791. The molecule has 0 radical (unpaired) electrons. The molecule has 0 unspecified atom stereocenters. The first kappa shape index (κ1) is 14.6. The maximum absolute atomic E-state index is 11.0. The van der Waals surface area contributed by atoms with Gasteiger partial charge in [0.15, 0.2) is 0 Å². The highest BCUT2D eigenvalue weighted by atomic mass is 32.2. The van der Waals surface area contributed by atoms with Crippen LogP contribution in [0, 0.1) is 0 Å². The lowest BCUT2D eigenvalue weighted by Gasteiger charge is -2.25. The summed E-state index contributed by atoms with van der Waals surface area (Å²) >= 11 is 0. The van der Waals surface area contributed by atoms with Crippen LogP contribution in [0.1, 0.15) is 27.7 Å². The molecule has 0 aromatic heterocycles. The summed E-state index contributed by atoms with van der Waals surface area (Å²) in [5.74, 6) is 0. The molecule has 0 amide bonds. The standard InChI is InChI=1S/C10H22N2O2S/c1-9(2)6-7-11-8-10(3,4)12-15(5,13)14/h6,11-12H,7-8H2,1-5H3. The molecule has 5 heteroatoms. The zero-order valence-corrected chi connectivity index (χ0v) is 11.0. The highest BCUT2D eigenvalue weighted by Gasteiger charge is 2.20. The van der Waals surface area contributed by atoms with E-state index in [9.17, 15) is 8.42 Å². The Hall–Kier alpha value is -0.390. The van der Waals surface area contributed by atoms with Crippen LogP contribution in [0.15, 0.2) is 11.6 Å². The van der Waals surface area contributed by atoms with E-state index in [2.05, 4.69) is 16.1 Å². The van der Waals surface area contributed by atoms with Gasteiger partial charge in [-0.05, 0) is 27.7 Å². The third kappa shape index (κ3) is 9.90. The van der Waals surface area contributed by atoms with Crippen LogP contribution < -0.4 is 10.0 Å². The van der Waals surface area contributed by atoms with Gasteiger partial charge in [0.05, 0.1) is 6.26 Å². The molecule has 90 valence electrons. The van der Waals surface area contributed by atoms with Crippen LogP contribution in [0.5, 0.6) is 0 Å². The van der Waals surface area contributed by atoms with E-state index in [0.29, 0.717) is 6.54 Å². The minimum Gasteiger partial charge on any atom is -0.311 e. The molecule has 15 heavy (non-hydrogen) atoms. The molecule has 0 rings (SSSR count). The third-order valence-electron chi connectivity index (χ3n) is 1.68. The summed E-state index contributed by atoms with van der Waals surface area (Å²) in [4.78, 5) is 0. The Bertz CT molecular complexity index is 314. The van der Waals surface area contributed by atoms with Gasteiger partial charge >= 0.3 is 0 Å². The lowest BCUT2D eigenvalue weighted by Crippen LogP contribution is -2.49. The van der Waals surface area contributed by atoms with E-state index >= 15 is 0 Å². The molecular weight excluding hydrogens is 212 g/mol. The number of nitrogens with one attached hydrogen (secondary N) is 2. The molecule has 0 saturated heterocycles. The Morgan fingerprint density at radius 2 is 1.87 bits per heavy atom. The minimum absolute atomic E-state index is 0.455. The Kier molecular flexibility index (Phi) is 5.48. The van der Waals surface area contributed by atoms with Crippen LogP contribution >= 0.6 is 0 Å². The van der Waals surface area contributed by atoms with E-state index < -0.39 is 15.6 Å². The van der Waals surface area contributed by atoms with Gasteiger partial charge < -0.3 is 5.32 Å². The van der Waals surface area contributed by atoms with Gasteiger partial charge in [-0.2, -0.15) is 0 Å². The van der Waals surface area contributed by atoms with E-state index in [-0.39, 0.29) is 0 Å². The fourth-order valence-corrected chi connectivity index (χ4v) is 2.27. The lowest BCUT2D eigenvalue weighted by atomic mass is 10.1. The second kappa shape index (κ2) is 5.63. The van der Waals surface area contributed by atoms with Gasteiger partial charge in [0.25, 0.3) is 0 Å². The first-order valence-corrected chi connectivity index (χ1v) is 6.84. The summed E-state index contributed by atoms with van der Waals surface area (Å²) in [6, 6.07) is 0. The summed E-state index contributed by atoms with van der Waals surface area (Å²) in [7, 11) is -3.14. The molecular formula is C10H22N2O2S. The third-order valence-corrected chi connectivity index (χ3v) is 2.61. The molecule has 0 atom stereocenters. The van der Waals surface area contributed by atoms with E-state index in [0.717, 1.165) is 6.54 Å². The molecule has 0 aromatic rings. The molecule has 0 spiro atoms. The second-order valence-electron chi connectivity index (χ2n) is 4.67. The molecule has 0 aliphatic rings.